The van der Waals surface area contributed by atoms with Crippen LogP contribution in [-0.2, 0) is 15.0 Å². The van der Waals surface area contributed by atoms with Gasteiger partial charge in [0.2, 0.25) is 11.8 Å². The highest BCUT2D eigenvalue weighted by Gasteiger charge is 2.36. The van der Waals surface area contributed by atoms with Gasteiger partial charge >= 0.3 is 0 Å². The van der Waals surface area contributed by atoms with Gasteiger partial charge in [-0.05, 0) is 69.0 Å². The Hall–Kier alpha value is -2.82. The van der Waals surface area contributed by atoms with Crippen LogP contribution in [0.3, 0.4) is 0 Å². The molecule has 156 valence electrons. The van der Waals surface area contributed by atoms with Crippen molar-refractivity contribution in [2.24, 2.45) is 5.41 Å². The first-order chi connectivity index (χ1) is 13.4. The van der Waals surface area contributed by atoms with Crippen LogP contribution in [0.1, 0.15) is 54.0 Å². The standard InChI is InChI=1S/C24H32N2O3/c1-16(2)29-18-14-12-17(13-15-18)25-21(27)24(6,7)22(28)26-20-11-9-8-10-19(20)23(3,4)5/h8-16H,1-7H3,(H,25,27)(H,26,28). The van der Waals surface area contributed by atoms with Gasteiger partial charge in [0.15, 0.2) is 0 Å². The van der Waals surface area contributed by atoms with Crippen molar-refractivity contribution in [3.63, 3.8) is 0 Å². The second-order valence-electron chi connectivity index (χ2n) is 9.02. The average molecular weight is 397 g/mol. The SMILES string of the molecule is CC(C)Oc1ccc(NC(=O)C(C)(C)C(=O)Nc2ccccc2C(C)(C)C)cc1. The van der Waals surface area contributed by atoms with Crippen LogP contribution in [0.4, 0.5) is 11.4 Å². The lowest BCUT2D eigenvalue weighted by Gasteiger charge is -2.26. The van der Waals surface area contributed by atoms with Crippen LogP contribution >= 0.6 is 0 Å². The van der Waals surface area contributed by atoms with E-state index in [-0.39, 0.29) is 23.3 Å². The van der Waals surface area contributed by atoms with Crippen LogP contribution in [0.5, 0.6) is 5.75 Å². The second-order valence-corrected chi connectivity index (χ2v) is 9.02. The summed E-state index contributed by atoms with van der Waals surface area (Å²) in [5.74, 6) is 0.000943. The van der Waals surface area contributed by atoms with Gasteiger partial charge in [0, 0.05) is 11.4 Å². The quantitative estimate of drug-likeness (QED) is 0.645. The molecule has 0 aliphatic rings. The Morgan fingerprint density at radius 2 is 1.38 bits per heavy atom. The highest BCUT2D eigenvalue weighted by molar-refractivity contribution is 6.14. The van der Waals surface area contributed by atoms with Crippen LogP contribution in [0.2, 0.25) is 0 Å². The molecule has 5 heteroatoms. The molecule has 0 heterocycles. The molecule has 29 heavy (non-hydrogen) atoms. The fraction of sp³-hybridized carbons (Fsp3) is 0.417. The normalized spacial score (nSPS) is 11.9. The molecule has 0 saturated heterocycles. The number of hydrogen-bond donors (Lipinski definition) is 2. The van der Waals surface area contributed by atoms with E-state index in [4.69, 9.17) is 4.74 Å². The Kier molecular flexibility index (Phi) is 6.73. The molecule has 2 aromatic carbocycles. The van der Waals surface area contributed by atoms with Crippen LogP contribution in [0.25, 0.3) is 0 Å². The molecule has 0 spiro atoms. The topological polar surface area (TPSA) is 67.4 Å². The molecule has 2 aromatic rings. The van der Waals surface area contributed by atoms with Crippen LogP contribution < -0.4 is 15.4 Å². The fourth-order valence-electron chi connectivity index (χ4n) is 2.80. The summed E-state index contributed by atoms with van der Waals surface area (Å²) in [6, 6.07) is 14.8. The Labute approximate surface area is 173 Å². The number of amides is 2. The second kappa shape index (κ2) is 8.68. The zero-order valence-electron chi connectivity index (χ0n) is 18.4. The van der Waals surface area contributed by atoms with Crippen molar-refractivity contribution in [3.05, 3.63) is 54.1 Å². The summed E-state index contributed by atoms with van der Waals surface area (Å²) < 4.78 is 5.61. The maximum atomic E-state index is 12.9. The van der Waals surface area contributed by atoms with Crippen molar-refractivity contribution in [3.8, 4) is 5.75 Å². The van der Waals surface area contributed by atoms with Gasteiger partial charge in [-0.25, -0.2) is 0 Å². The minimum Gasteiger partial charge on any atom is -0.491 e. The van der Waals surface area contributed by atoms with E-state index in [0.717, 1.165) is 17.0 Å². The first-order valence-electron chi connectivity index (χ1n) is 9.90. The maximum absolute atomic E-state index is 12.9. The average Bonchev–Trinajstić information content (AvgIpc) is 2.62. The molecule has 0 aromatic heterocycles. The highest BCUT2D eigenvalue weighted by Crippen LogP contribution is 2.31. The number of anilines is 2. The van der Waals surface area contributed by atoms with Gasteiger partial charge in [-0.1, -0.05) is 39.0 Å². The van der Waals surface area contributed by atoms with Gasteiger partial charge in [-0.15, -0.1) is 0 Å². The summed E-state index contributed by atoms with van der Waals surface area (Å²) in [5, 5.41) is 5.75. The minimum atomic E-state index is -1.25. The van der Waals surface area contributed by atoms with Crippen molar-refractivity contribution in [1.29, 1.82) is 0 Å². The maximum Gasteiger partial charge on any atom is 0.239 e. The number of hydrogen-bond acceptors (Lipinski definition) is 3. The van der Waals surface area contributed by atoms with Gasteiger partial charge in [-0.3, -0.25) is 9.59 Å². The summed E-state index contributed by atoms with van der Waals surface area (Å²) >= 11 is 0. The molecule has 2 rings (SSSR count). The molecule has 0 atom stereocenters. The molecule has 0 bridgehead atoms. The van der Waals surface area contributed by atoms with E-state index in [0.29, 0.717) is 5.69 Å². The first-order valence-corrected chi connectivity index (χ1v) is 9.90. The smallest absolute Gasteiger partial charge is 0.239 e. The molecular formula is C24H32N2O3. The number of benzene rings is 2. The molecule has 2 N–H and O–H groups in total. The summed E-state index contributed by atoms with van der Waals surface area (Å²) in [5.41, 5.74) is 0.974. The van der Waals surface area contributed by atoms with Gasteiger partial charge in [-0.2, -0.15) is 0 Å². The highest BCUT2D eigenvalue weighted by atomic mass is 16.5. The monoisotopic (exact) mass is 396 g/mol. The van der Waals surface area contributed by atoms with E-state index in [1.54, 1.807) is 38.1 Å². The van der Waals surface area contributed by atoms with E-state index in [1.807, 2.05) is 38.1 Å². The molecule has 2 amide bonds. The van der Waals surface area contributed by atoms with Gasteiger partial charge in [0.05, 0.1) is 6.10 Å². The van der Waals surface area contributed by atoms with Gasteiger partial charge in [0.1, 0.15) is 11.2 Å². The molecular weight excluding hydrogens is 364 g/mol. The van der Waals surface area contributed by atoms with Crippen molar-refractivity contribution >= 4 is 23.2 Å². The number of para-hydroxylation sites is 1. The first kappa shape index (κ1) is 22.5. The van der Waals surface area contributed by atoms with E-state index < -0.39 is 5.41 Å². The van der Waals surface area contributed by atoms with Crippen LogP contribution in [0, 0.1) is 5.41 Å². The van der Waals surface area contributed by atoms with E-state index in [9.17, 15) is 9.59 Å². The third-order valence-corrected chi connectivity index (χ3v) is 4.60. The Morgan fingerprint density at radius 1 is 0.828 bits per heavy atom. The summed E-state index contributed by atoms with van der Waals surface area (Å²) in [4.78, 5) is 25.7. The summed E-state index contributed by atoms with van der Waals surface area (Å²) in [7, 11) is 0. The lowest BCUT2D eigenvalue weighted by atomic mass is 9.85. The third-order valence-electron chi connectivity index (χ3n) is 4.60. The third kappa shape index (κ3) is 5.83. The van der Waals surface area contributed by atoms with Crippen LogP contribution in [-0.4, -0.2) is 17.9 Å². The zero-order chi connectivity index (χ0) is 21.8. The molecule has 0 aliphatic heterocycles. The van der Waals surface area contributed by atoms with E-state index >= 15 is 0 Å². The Balaban J connectivity index is 2.11. The molecule has 0 unspecified atom stereocenters. The lowest BCUT2D eigenvalue weighted by molar-refractivity contribution is -0.135. The van der Waals surface area contributed by atoms with Crippen molar-refractivity contribution in [2.45, 2.75) is 60.0 Å². The molecule has 5 nitrogen and oxygen atoms in total. The molecule has 0 saturated carbocycles. The summed E-state index contributed by atoms with van der Waals surface area (Å²) in [6.45, 7) is 13.4. The van der Waals surface area contributed by atoms with Crippen LogP contribution in [0.15, 0.2) is 48.5 Å². The molecule has 0 radical (unpaired) electrons. The van der Waals surface area contributed by atoms with Gasteiger partial charge < -0.3 is 15.4 Å². The summed E-state index contributed by atoms with van der Waals surface area (Å²) in [6.07, 6.45) is 0.0778. The Bertz CT molecular complexity index is 862. The predicted octanol–water partition coefficient (Wildman–Crippen LogP) is 5.37. The van der Waals surface area contributed by atoms with E-state index in [2.05, 4.69) is 31.4 Å². The van der Waals surface area contributed by atoms with E-state index in [1.165, 1.54) is 0 Å². The zero-order valence-corrected chi connectivity index (χ0v) is 18.4. The number of rotatable bonds is 6. The molecule has 0 fully saturated rings. The lowest BCUT2D eigenvalue weighted by Crippen LogP contribution is -2.42. The van der Waals surface area contributed by atoms with Gasteiger partial charge in [0.25, 0.3) is 0 Å². The van der Waals surface area contributed by atoms with Crippen molar-refractivity contribution < 1.29 is 14.3 Å². The fourth-order valence-corrected chi connectivity index (χ4v) is 2.80. The van der Waals surface area contributed by atoms with Crippen molar-refractivity contribution in [1.82, 2.24) is 0 Å². The number of nitrogens with one attached hydrogen (secondary N) is 2. The molecule has 0 aliphatic carbocycles. The number of carbonyl (C=O) groups is 2. The van der Waals surface area contributed by atoms with Crippen molar-refractivity contribution in [2.75, 3.05) is 10.6 Å². The predicted molar refractivity (Wildman–Crippen MR) is 118 cm³/mol. The largest absolute Gasteiger partial charge is 0.491 e. The number of ether oxygens (including phenoxy) is 1. The number of carbonyl (C=O) groups excluding carboxylic acids is 2. The minimum absolute atomic E-state index is 0.0778. The Morgan fingerprint density at radius 3 is 1.93 bits per heavy atom.